The van der Waals surface area contributed by atoms with E-state index in [-0.39, 0.29) is 17.5 Å². The highest BCUT2D eigenvalue weighted by molar-refractivity contribution is 6.29. The van der Waals surface area contributed by atoms with Gasteiger partial charge in [0.25, 0.3) is 0 Å². The molecule has 0 atom stereocenters. The highest BCUT2D eigenvalue weighted by Crippen LogP contribution is 2.24. The van der Waals surface area contributed by atoms with Gasteiger partial charge in [0.15, 0.2) is 17.4 Å². The van der Waals surface area contributed by atoms with Gasteiger partial charge in [-0.15, -0.1) is 0 Å². The summed E-state index contributed by atoms with van der Waals surface area (Å²) in [6.45, 7) is 2.45. The number of hydrogen-bond acceptors (Lipinski definition) is 5. The van der Waals surface area contributed by atoms with Crippen molar-refractivity contribution in [3.63, 3.8) is 0 Å². The normalized spacial score (nSPS) is 10.5. The van der Waals surface area contributed by atoms with Crippen molar-refractivity contribution in [2.45, 2.75) is 13.5 Å². The van der Waals surface area contributed by atoms with Crippen molar-refractivity contribution in [1.82, 2.24) is 9.97 Å². The Morgan fingerprint density at radius 2 is 2.10 bits per heavy atom. The van der Waals surface area contributed by atoms with Gasteiger partial charge in [-0.2, -0.15) is 0 Å². The molecule has 2 aromatic rings. The van der Waals surface area contributed by atoms with Crippen LogP contribution in [0.2, 0.25) is 5.15 Å². The molecule has 1 N–H and O–H groups in total. The third-order valence-electron chi connectivity index (χ3n) is 2.52. The molecular weight excluding hydrogens is 297 g/mol. The molecule has 0 saturated heterocycles. The predicted molar refractivity (Wildman–Crippen MR) is 78.6 cm³/mol. The Labute approximate surface area is 127 Å². The Balaban J connectivity index is 2.19. The van der Waals surface area contributed by atoms with Gasteiger partial charge in [0.05, 0.1) is 6.61 Å². The van der Waals surface area contributed by atoms with E-state index in [2.05, 4.69) is 15.3 Å². The number of rotatable bonds is 6. The molecule has 1 heterocycles. The Bertz CT molecular complexity index is 625. The molecule has 2 rings (SSSR count). The molecule has 0 spiro atoms. The molecular formula is C14H15ClFN3O2. The number of hydrogen-bond donors (Lipinski definition) is 1. The van der Waals surface area contributed by atoms with Gasteiger partial charge < -0.3 is 14.8 Å². The standard InChI is InChI=1S/C14H15ClFN3O2/c1-3-21-11-5-4-9(6-10(11)16)17-13-7-12(15)18-14(19-13)8-20-2/h4-7H,3,8H2,1-2H3,(H,17,18,19). The molecule has 7 heteroatoms. The summed E-state index contributed by atoms with van der Waals surface area (Å²) in [5.41, 5.74) is 0.536. The number of anilines is 2. The van der Waals surface area contributed by atoms with E-state index in [1.165, 1.54) is 6.07 Å². The second kappa shape index (κ2) is 7.19. The van der Waals surface area contributed by atoms with E-state index in [0.717, 1.165) is 0 Å². The molecule has 0 radical (unpaired) electrons. The molecule has 0 aliphatic rings. The first-order valence-corrected chi connectivity index (χ1v) is 6.72. The summed E-state index contributed by atoms with van der Waals surface area (Å²) < 4.78 is 23.9. The summed E-state index contributed by atoms with van der Waals surface area (Å²) in [5, 5.41) is 3.25. The number of halogens is 2. The van der Waals surface area contributed by atoms with Crippen LogP contribution < -0.4 is 10.1 Å². The van der Waals surface area contributed by atoms with Crippen molar-refractivity contribution in [1.29, 1.82) is 0 Å². The Morgan fingerprint density at radius 3 is 2.76 bits per heavy atom. The molecule has 0 bridgehead atoms. The zero-order chi connectivity index (χ0) is 15.2. The zero-order valence-corrected chi connectivity index (χ0v) is 12.4. The number of benzene rings is 1. The van der Waals surface area contributed by atoms with Crippen LogP contribution in [0, 0.1) is 5.82 Å². The van der Waals surface area contributed by atoms with Crippen molar-refractivity contribution < 1.29 is 13.9 Å². The molecule has 1 aromatic heterocycles. The highest BCUT2D eigenvalue weighted by atomic mass is 35.5. The van der Waals surface area contributed by atoms with E-state index < -0.39 is 5.82 Å². The average molecular weight is 312 g/mol. The quantitative estimate of drug-likeness (QED) is 0.827. The van der Waals surface area contributed by atoms with Gasteiger partial charge in [0.2, 0.25) is 0 Å². The fraction of sp³-hybridized carbons (Fsp3) is 0.286. The first-order valence-electron chi connectivity index (χ1n) is 6.34. The minimum Gasteiger partial charge on any atom is -0.491 e. The van der Waals surface area contributed by atoms with Crippen LogP contribution in [0.5, 0.6) is 5.75 Å². The van der Waals surface area contributed by atoms with Crippen LogP contribution in [-0.4, -0.2) is 23.7 Å². The van der Waals surface area contributed by atoms with Gasteiger partial charge in [-0.05, 0) is 19.1 Å². The molecule has 1 aromatic carbocycles. The lowest BCUT2D eigenvalue weighted by atomic mass is 10.3. The first-order chi connectivity index (χ1) is 10.1. The third-order valence-corrected chi connectivity index (χ3v) is 2.71. The number of ether oxygens (including phenoxy) is 2. The van der Waals surface area contributed by atoms with Crippen molar-refractivity contribution in [3.05, 3.63) is 41.1 Å². The van der Waals surface area contributed by atoms with Crippen LogP contribution in [0.15, 0.2) is 24.3 Å². The van der Waals surface area contributed by atoms with Crippen LogP contribution in [-0.2, 0) is 11.3 Å². The van der Waals surface area contributed by atoms with Gasteiger partial charge in [0.1, 0.15) is 17.6 Å². The lowest BCUT2D eigenvalue weighted by Crippen LogP contribution is -2.02. The Morgan fingerprint density at radius 1 is 1.29 bits per heavy atom. The number of nitrogens with zero attached hydrogens (tertiary/aromatic N) is 2. The summed E-state index contributed by atoms with van der Waals surface area (Å²) >= 11 is 5.91. The fourth-order valence-electron chi connectivity index (χ4n) is 1.72. The van der Waals surface area contributed by atoms with Gasteiger partial charge >= 0.3 is 0 Å². The van der Waals surface area contributed by atoms with Crippen LogP contribution >= 0.6 is 11.6 Å². The topological polar surface area (TPSA) is 56.3 Å². The molecule has 112 valence electrons. The van der Waals surface area contributed by atoms with E-state index in [0.29, 0.717) is 23.9 Å². The second-order valence-electron chi connectivity index (χ2n) is 4.13. The number of aromatic nitrogens is 2. The van der Waals surface area contributed by atoms with Crippen LogP contribution in [0.1, 0.15) is 12.7 Å². The summed E-state index contributed by atoms with van der Waals surface area (Å²) in [4.78, 5) is 8.24. The molecule has 5 nitrogen and oxygen atoms in total. The lowest BCUT2D eigenvalue weighted by Gasteiger charge is -2.10. The van der Waals surface area contributed by atoms with E-state index in [1.807, 2.05) is 0 Å². The molecule has 0 aliphatic carbocycles. The van der Waals surface area contributed by atoms with E-state index in [1.54, 1.807) is 32.2 Å². The molecule has 0 amide bonds. The van der Waals surface area contributed by atoms with Crippen molar-refractivity contribution in [2.24, 2.45) is 0 Å². The maximum Gasteiger partial charge on any atom is 0.167 e. The minimum absolute atomic E-state index is 0.212. The highest BCUT2D eigenvalue weighted by Gasteiger charge is 2.07. The van der Waals surface area contributed by atoms with Gasteiger partial charge in [0, 0.05) is 24.9 Å². The first kappa shape index (κ1) is 15.5. The molecule has 0 aliphatic heterocycles. The SMILES string of the molecule is CCOc1ccc(Nc2cc(Cl)nc(COC)n2)cc1F. The smallest absolute Gasteiger partial charge is 0.167 e. The third kappa shape index (κ3) is 4.27. The monoisotopic (exact) mass is 311 g/mol. The number of methoxy groups -OCH3 is 1. The average Bonchev–Trinajstić information content (AvgIpc) is 2.42. The summed E-state index contributed by atoms with van der Waals surface area (Å²) in [7, 11) is 1.54. The fourth-order valence-corrected chi connectivity index (χ4v) is 1.92. The van der Waals surface area contributed by atoms with Crippen molar-refractivity contribution >= 4 is 23.1 Å². The predicted octanol–water partition coefficient (Wildman–Crippen LogP) is 3.56. The van der Waals surface area contributed by atoms with E-state index in [4.69, 9.17) is 21.1 Å². The summed E-state index contributed by atoms with van der Waals surface area (Å²) in [5.74, 6) is 0.674. The Kier molecular flexibility index (Phi) is 5.30. The minimum atomic E-state index is -0.445. The van der Waals surface area contributed by atoms with E-state index in [9.17, 15) is 4.39 Å². The molecule has 21 heavy (non-hydrogen) atoms. The van der Waals surface area contributed by atoms with Crippen molar-refractivity contribution in [3.8, 4) is 5.75 Å². The van der Waals surface area contributed by atoms with Crippen LogP contribution in [0.4, 0.5) is 15.9 Å². The van der Waals surface area contributed by atoms with Crippen LogP contribution in [0.3, 0.4) is 0 Å². The van der Waals surface area contributed by atoms with Crippen molar-refractivity contribution in [2.75, 3.05) is 19.0 Å². The summed E-state index contributed by atoms with van der Waals surface area (Å²) in [6.07, 6.45) is 0. The van der Waals surface area contributed by atoms with Gasteiger partial charge in [-0.25, -0.2) is 14.4 Å². The number of nitrogens with one attached hydrogen (secondary N) is 1. The second-order valence-corrected chi connectivity index (χ2v) is 4.52. The van der Waals surface area contributed by atoms with Crippen LogP contribution in [0.25, 0.3) is 0 Å². The molecule has 0 unspecified atom stereocenters. The largest absolute Gasteiger partial charge is 0.491 e. The maximum absolute atomic E-state index is 13.8. The molecule has 0 saturated carbocycles. The maximum atomic E-state index is 13.8. The van der Waals surface area contributed by atoms with E-state index >= 15 is 0 Å². The lowest BCUT2D eigenvalue weighted by molar-refractivity contribution is 0.178. The zero-order valence-electron chi connectivity index (χ0n) is 11.7. The summed E-state index contributed by atoms with van der Waals surface area (Å²) in [6, 6.07) is 6.13. The van der Waals surface area contributed by atoms with Gasteiger partial charge in [-0.3, -0.25) is 0 Å². The molecule has 0 fully saturated rings. The van der Waals surface area contributed by atoms with Gasteiger partial charge in [-0.1, -0.05) is 11.6 Å². The Hall–Kier alpha value is -1.92.